The van der Waals surface area contributed by atoms with Crippen molar-refractivity contribution in [1.29, 1.82) is 0 Å². The molecule has 74 valence electrons. The van der Waals surface area contributed by atoms with Crippen LogP contribution in [-0.2, 0) is 12.8 Å². The first-order chi connectivity index (χ1) is 6.72. The third kappa shape index (κ3) is 1.39. The van der Waals surface area contributed by atoms with Crippen molar-refractivity contribution in [3.8, 4) is 5.88 Å². The normalized spacial score (nSPS) is 15.4. The number of aromatic hydroxyl groups is 1. The predicted octanol–water partition coefficient (Wildman–Crippen LogP) is 1.87. The molecule has 0 aromatic carbocycles. The van der Waals surface area contributed by atoms with E-state index in [1.54, 1.807) is 6.07 Å². The van der Waals surface area contributed by atoms with Crippen LogP contribution in [0.2, 0.25) is 0 Å². The molecular weight excluding hydrogens is 178 g/mol. The second-order valence-corrected chi connectivity index (χ2v) is 3.60. The third-order valence-electron chi connectivity index (χ3n) is 2.68. The number of carbonyl (C=O) groups excluding carboxylic acids is 1. The van der Waals surface area contributed by atoms with Crippen LogP contribution in [0.1, 0.15) is 41.4 Å². The number of aromatic nitrogens is 1. The molecule has 14 heavy (non-hydrogen) atoms. The summed E-state index contributed by atoms with van der Waals surface area (Å²) in [4.78, 5) is 15.4. The summed E-state index contributed by atoms with van der Waals surface area (Å²) in [6.45, 7) is 2.02. The molecule has 0 fully saturated rings. The molecule has 1 N–H and O–H groups in total. The molecule has 0 aliphatic heterocycles. The molecule has 0 atom stereocenters. The number of pyridine rings is 1. The van der Waals surface area contributed by atoms with Crippen molar-refractivity contribution in [2.75, 3.05) is 0 Å². The zero-order valence-electron chi connectivity index (χ0n) is 8.21. The Bertz CT molecular complexity index is 385. The highest BCUT2D eigenvalue weighted by atomic mass is 16.3. The minimum atomic E-state index is -0.0316. The Labute approximate surface area is 82.8 Å². The molecule has 1 aliphatic rings. The van der Waals surface area contributed by atoms with Crippen LogP contribution in [0.15, 0.2) is 6.07 Å². The maximum absolute atomic E-state index is 11.5. The Hall–Kier alpha value is -1.38. The fourth-order valence-electron chi connectivity index (χ4n) is 1.98. The van der Waals surface area contributed by atoms with E-state index in [0.717, 1.165) is 30.4 Å². The average Bonchev–Trinajstić information content (AvgIpc) is 2.18. The lowest BCUT2D eigenvalue weighted by molar-refractivity contribution is 0.0966. The van der Waals surface area contributed by atoms with Crippen LogP contribution in [0.3, 0.4) is 0 Å². The van der Waals surface area contributed by atoms with Crippen molar-refractivity contribution in [2.45, 2.75) is 32.6 Å². The number of nitrogens with zero attached hydrogens (tertiary/aromatic N) is 1. The van der Waals surface area contributed by atoms with Gasteiger partial charge in [-0.25, -0.2) is 4.98 Å². The standard InChI is InChI=1S/C11H13NO2/c1-2-7-6-10(14)12-11-8(7)4-3-5-9(11)13/h6H,2-5H2,1H3,(H,12,14). The second kappa shape index (κ2) is 3.40. The summed E-state index contributed by atoms with van der Waals surface area (Å²) in [7, 11) is 0. The lowest BCUT2D eigenvalue weighted by atomic mass is 9.90. The first-order valence-electron chi connectivity index (χ1n) is 4.97. The minimum Gasteiger partial charge on any atom is -0.493 e. The quantitative estimate of drug-likeness (QED) is 0.737. The zero-order chi connectivity index (χ0) is 10.1. The van der Waals surface area contributed by atoms with Crippen LogP contribution in [0, 0.1) is 0 Å². The van der Waals surface area contributed by atoms with Crippen LogP contribution in [-0.4, -0.2) is 15.9 Å². The van der Waals surface area contributed by atoms with Crippen molar-refractivity contribution in [3.63, 3.8) is 0 Å². The van der Waals surface area contributed by atoms with Gasteiger partial charge in [0.15, 0.2) is 5.78 Å². The molecule has 0 radical (unpaired) electrons. The summed E-state index contributed by atoms with van der Waals surface area (Å²) in [6.07, 6.45) is 3.22. The van der Waals surface area contributed by atoms with Gasteiger partial charge in [-0.15, -0.1) is 0 Å². The van der Waals surface area contributed by atoms with Crippen LogP contribution in [0.25, 0.3) is 0 Å². The molecular formula is C11H13NO2. The lowest BCUT2D eigenvalue weighted by Gasteiger charge is -2.16. The van der Waals surface area contributed by atoms with Gasteiger partial charge in [0.1, 0.15) is 5.69 Å². The number of hydrogen-bond donors (Lipinski definition) is 1. The second-order valence-electron chi connectivity index (χ2n) is 3.60. The number of aryl methyl sites for hydroxylation is 1. The first-order valence-corrected chi connectivity index (χ1v) is 4.97. The molecule has 0 unspecified atom stereocenters. The molecule has 0 spiro atoms. The Balaban J connectivity index is 2.60. The number of carbonyl (C=O) groups is 1. The van der Waals surface area contributed by atoms with Gasteiger partial charge in [0, 0.05) is 12.5 Å². The minimum absolute atomic E-state index is 0.0316. The van der Waals surface area contributed by atoms with Crippen LogP contribution in [0.4, 0.5) is 0 Å². The monoisotopic (exact) mass is 191 g/mol. The van der Waals surface area contributed by atoms with Crippen LogP contribution >= 0.6 is 0 Å². The number of ketones is 1. The highest BCUT2D eigenvalue weighted by Crippen LogP contribution is 2.26. The van der Waals surface area contributed by atoms with Crippen molar-refractivity contribution in [3.05, 3.63) is 22.9 Å². The van der Waals surface area contributed by atoms with E-state index in [1.165, 1.54) is 0 Å². The van der Waals surface area contributed by atoms with Gasteiger partial charge in [-0.1, -0.05) is 6.92 Å². The van der Waals surface area contributed by atoms with Gasteiger partial charge in [0.2, 0.25) is 5.88 Å². The Morgan fingerprint density at radius 3 is 3.00 bits per heavy atom. The van der Waals surface area contributed by atoms with Crippen molar-refractivity contribution in [1.82, 2.24) is 4.98 Å². The van der Waals surface area contributed by atoms with Gasteiger partial charge < -0.3 is 5.11 Å². The molecule has 0 amide bonds. The van der Waals surface area contributed by atoms with Crippen molar-refractivity contribution < 1.29 is 9.90 Å². The fraction of sp³-hybridized carbons (Fsp3) is 0.455. The molecule has 0 saturated carbocycles. The highest BCUT2D eigenvalue weighted by Gasteiger charge is 2.21. The molecule has 1 aromatic rings. The maximum atomic E-state index is 11.5. The molecule has 0 bridgehead atoms. The van der Waals surface area contributed by atoms with E-state index >= 15 is 0 Å². The summed E-state index contributed by atoms with van der Waals surface area (Å²) in [5.74, 6) is 0.0349. The first kappa shape index (κ1) is 9.19. The Kier molecular flexibility index (Phi) is 2.23. The van der Waals surface area contributed by atoms with Gasteiger partial charge in [-0.2, -0.15) is 0 Å². The summed E-state index contributed by atoms with van der Waals surface area (Å²) < 4.78 is 0. The summed E-state index contributed by atoms with van der Waals surface area (Å²) in [5, 5.41) is 9.35. The van der Waals surface area contributed by atoms with E-state index in [0.29, 0.717) is 12.1 Å². The van der Waals surface area contributed by atoms with Gasteiger partial charge in [-0.05, 0) is 30.4 Å². The van der Waals surface area contributed by atoms with Crippen LogP contribution in [0.5, 0.6) is 5.88 Å². The molecule has 1 aromatic heterocycles. The average molecular weight is 191 g/mol. The number of hydrogen-bond acceptors (Lipinski definition) is 3. The largest absolute Gasteiger partial charge is 0.493 e. The summed E-state index contributed by atoms with van der Waals surface area (Å²) >= 11 is 0. The lowest BCUT2D eigenvalue weighted by Crippen LogP contribution is -2.15. The van der Waals surface area contributed by atoms with Crippen molar-refractivity contribution in [2.24, 2.45) is 0 Å². The van der Waals surface area contributed by atoms with E-state index in [9.17, 15) is 9.90 Å². The Morgan fingerprint density at radius 2 is 2.29 bits per heavy atom. The molecule has 1 aliphatic carbocycles. The SMILES string of the molecule is CCc1cc(O)nc2c1CCCC2=O. The Morgan fingerprint density at radius 1 is 1.50 bits per heavy atom. The molecule has 3 heteroatoms. The van der Waals surface area contributed by atoms with Crippen molar-refractivity contribution >= 4 is 5.78 Å². The molecule has 2 rings (SSSR count). The number of rotatable bonds is 1. The smallest absolute Gasteiger partial charge is 0.211 e. The van der Waals surface area contributed by atoms with E-state index in [1.807, 2.05) is 6.92 Å². The summed E-state index contributed by atoms with van der Waals surface area (Å²) in [5.41, 5.74) is 2.59. The van der Waals surface area contributed by atoms with Gasteiger partial charge in [0.05, 0.1) is 0 Å². The van der Waals surface area contributed by atoms with Gasteiger partial charge >= 0.3 is 0 Å². The van der Waals surface area contributed by atoms with Gasteiger partial charge in [0.25, 0.3) is 0 Å². The summed E-state index contributed by atoms with van der Waals surface area (Å²) in [6, 6.07) is 1.66. The fourth-order valence-corrected chi connectivity index (χ4v) is 1.98. The molecule has 0 saturated heterocycles. The van der Waals surface area contributed by atoms with E-state index in [2.05, 4.69) is 4.98 Å². The molecule has 1 heterocycles. The van der Waals surface area contributed by atoms with E-state index < -0.39 is 0 Å². The van der Waals surface area contributed by atoms with Gasteiger partial charge in [-0.3, -0.25) is 4.79 Å². The zero-order valence-corrected chi connectivity index (χ0v) is 8.21. The molecule has 3 nitrogen and oxygen atoms in total. The van der Waals surface area contributed by atoms with E-state index in [4.69, 9.17) is 0 Å². The highest BCUT2D eigenvalue weighted by molar-refractivity contribution is 5.97. The predicted molar refractivity (Wildman–Crippen MR) is 52.5 cm³/mol. The van der Waals surface area contributed by atoms with Crippen LogP contribution < -0.4 is 0 Å². The topological polar surface area (TPSA) is 50.2 Å². The van der Waals surface area contributed by atoms with E-state index in [-0.39, 0.29) is 11.7 Å². The third-order valence-corrected chi connectivity index (χ3v) is 2.68. The maximum Gasteiger partial charge on any atom is 0.211 e. The number of Topliss-reactive ketones (excluding diaryl/α,β-unsaturated/α-hetero) is 1. The number of fused-ring (bicyclic) bond motifs is 1.